The quantitative estimate of drug-likeness (QED) is 0.168. The van der Waals surface area contributed by atoms with Crippen molar-refractivity contribution in [1.82, 2.24) is 9.97 Å². The minimum absolute atomic E-state index is 0.0334. The Morgan fingerprint density at radius 1 is 1.12 bits per heavy atom. The summed E-state index contributed by atoms with van der Waals surface area (Å²) in [5.74, 6) is 1.69. The average Bonchev–Trinajstić information content (AvgIpc) is 3.32. The Labute approximate surface area is 195 Å². The van der Waals surface area contributed by atoms with Crippen molar-refractivity contribution in [2.75, 3.05) is 13.2 Å². The van der Waals surface area contributed by atoms with Crippen LogP contribution in [-0.4, -0.2) is 29.0 Å². The SMILES string of the molecule is C=CCCOc1ccc(C)cc1CCCCC(=O)c1coc(-c2ccnc(OCC=C)c2)n1. The fraction of sp³-hybridized carbons (Fsp3) is 0.296. The molecule has 0 aliphatic heterocycles. The average molecular weight is 447 g/mol. The van der Waals surface area contributed by atoms with E-state index in [9.17, 15) is 4.79 Å². The number of carbonyl (C=O) groups excluding carboxylic acids is 1. The van der Waals surface area contributed by atoms with E-state index in [0.717, 1.165) is 31.4 Å². The number of oxazole rings is 1. The molecule has 3 rings (SSSR count). The van der Waals surface area contributed by atoms with Crippen molar-refractivity contribution >= 4 is 5.78 Å². The van der Waals surface area contributed by atoms with Gasteiger partial charge >= 0.3 is 0 Å². The van der Waals surface area contributed by atoms with Gasteiger partial charge in [0.25, 0.3) is 0 Å². The number of ketones is 1. The van der Waals surface area contributed by atoms with Gasteiger partial charge in [-0.15, -0.1) is 6.58 Å². The minimum Gasteiger partial charge on any atom is -0.493 e. The lowest BCUT2D eigenvalue weighted by molar-refractivity contribution is 0.0974. The summed E-state index contributed by atoms with van der Waals surface area (Å²) in [7, 11) is 0. The van der Waals surface area contributed by atoms with Crippen molar-refractivity contribution in [3.05, 3.63) is 84.9 Å². The van der Waals surface area contributed by atoms with E-state index >= 15 is 0 Å². The van der Waals surface area contributed by atoms with E-state index in [1.807, 2.05) is 12.1 Å². The molecular formula is C27H30N2O4. The summed E-state index contributed by atoms with van der Waals surface area (Å²) < 4.78 is 16.8. The fourth-order valence-electron chi connectivity index (χ4n) is 3.33. The highest BCUT2D eigenvalue weighted by Crippen LogP contribution is 2.24. The summed E-state index contributed by atoms with van der Waals surface area (Å²) >= 11 is 0. The van der Waals surface area contributed by atoms with Crippen molar-refractivity contribution in [1.29, 1.82) is 0 Å². The molecule has 2 heterocycles. The van der Waals surface area contributed by atoms with Crippen LogP contribution in [-0.2, 0) is 6.42 Å². The number of benzene rings is 1. The second-order valence-electron chi connectivity index (χ2n) is 7.69. The lowest BCUT2D eigenvalue weighted by Gasteiger charge is -2.12. The molecule has 0 spiro atoms. The van der Waals surface area contributed by atoms with E-state index in [4.69, 9.17) is 13.9 Å². The monoisotopic (exact) mass is 446 g/mol. The molecule has 0 amide bonds. The van der Waals surface area contributed by atoms with Gasteiger partial charge in [-0.1, -0.05) is 36.4 Å². The van der Waals surface area contributed by atoms with Crippen LogP contribution in [0.4, 0.5) is 0 Å². The Morgan fingerprint density at radius 2 is 2.00 bits per heavy atom. The molecule has 3 aromatic rings. The Bertz CT molecular complexity index is 1090. The largest absolute Gasteiger partial charge is 0.493 e. The molecule has 1 aromatic carbocycles. The summed E-state index contributed by atoms with van der Waals surface area (Å²) in [5, 5.41) is 0. The molecule has 33 heavy (non-hydrogen) atoms. The topological polar surface area (TPSA) is 74.5 Å². The van der Waals surface area contributed by atoms with Crippen LogP contribution in [0.15, 0.2) is 72.5 Å². The summed E-state index contributed by atoms with van der Waals surface area (Å²) in [6.45, 7) is 10.4. The number of ether oxygens (including phenoxy) is 2. The predicted octanol–water partition coefficient (Wildman–Crippen LogP) is 6.16. The van der Waals surface area contributed by atoms with Crippen LogP contribution in [0.1, 0.15) is 47.3 Å². The van der Waals surface area contributed by atoms with E-state index in [2.05, 4.69) is 42.2 Å². The van der Waals surface area contributed by atoms with E-state index in [-0.39, 0.29) is 5.78 Å². The third-order valence-electron chi connectivity index (χ3n) is 5.02. The number of unbranched alkanes of at least 4 members (excludes halogenated alkanes) is 1. The highest BCUT2D eigenvalue weighted by atomic mass is 16.5. The maximum absolute atomic E-state index is 12.6. The summed E-state index contributed by atoms with van der Waals surface area (Å²) in [5.41, 5.74) is 3.40. The van der Waals surface area contributed by atoms with E-state index in [1.54, 1.807) is 24.4 Å². The van der Waals surface area contributed by atoms with Crippen LogP contribution in [0.2, 0.25) is 0 Å². The zero-order valence-electron chi connectivity index (χ0n) is 19.1. The molecule has 0 saturated heterocycles. The highest BCUT2D eigenvalue weighted by molar-refractivity contribution is 5.94. The van der Waals surface area contributed by atoms with Gasteiger partial charge in [0.05, 0.1) is 6.61 Å². The second-order valence-corrected chi connectivity index (χ2v) is 7.69. The number of pyridine rings is 1. The van der Waals surface area contributed by atoms with Crippen molar-refractivity contribution < 1.29 is 18.7 Å². The van der Waals surface area contributed by atoms with Crippen molar-refractivity contribution in [3.63, 3.8) is 0 Å². The Morgan fingerprint density at radius 3 is 2.82 bits per heavy atom. The summed E-state index contributed by atoms with van der Waals surface area (Å²) in [6, 6.07) is 9.70. The fourth-order valence-corrected chi connectivity index (χ4v) is 3.33. The van der Waals surface area contributed by atoms with E-state index in [1.165, 1.54) is 17.4 Å². The summed E-state index contributed by atoms with van der Waals surface area (Å²) in [4.78, 5) is 21.1. The maximum atomic E-state index is 12.6. The van der Waals surface area contributed by atoms with Crippen LogP contribution in [0.5, 0.6) is 11.6 Å². The first-order valence-electron chi connectivity index (χ1n) is 11.1. The van der Waals surface area contributed by atoms with Gasteiger partial charge in [0.15, 0.2) is 5.78 Å². The van der Waals surface area contributed by atoms with Gasteiger partial charge in [0.1, 0.15) is 24.3 Å². The lowest BCUT2D eigenvalue weighted by atomic mass is 10.0. The number of nitrogens with zero attached hydrogens (tertiary/aromatic N) is 2. The van der Waals surface area contributed by atoms with Gasteiger partial charge in [-0.25, -0.2) is 9.97 Å². The van der Waals surface area contributed by atoms with Gasteiger partial charge in [-0.2, -0.15) is 0 Å². The zero-order chi connectivity index (χ0) is 23.5. The van der Waals surface area contributed by atoms with Crippen molar-refractivity contribution in [2.45, 2.75) is 39.0 Å². The number of rotatable bonds is 14. The normalized spacial score (nSPS) is 10.6. The summed E-state index contributed by atoms with van der Waals surface area (Å²) in [6.07, 6.45) is 10.2. The third-order valence-corrected chi connectivity index (χ3v) is 5.02. The molecule has 0 radical (unpaired) electrons. The number of aryl methyl sites for hydroxylation is 2. The number of Topliss-reactive ketones (excluding diaryl/α,β-unsaturated/α-hetero) is 1. The van der Waals surface area contributed by atoms with Crippen LogP contribution < -0.4 is 9.47 Å². The Hall–Kier alpha value is -3.67. The lowest BCUT2D eigenvalue weighted by Crippen LogP contribution is -2.02. The van der Waals surface area contributed by atoms with Crippen LogP contribution >= 0.6 is 0 Å². The predicted molar refractivity (Wildman–Crippen MR) is 129 cm³/mol. The molecule has 0 aliphatic carbocycles. The molecule has 0 fully saturated rings. The molecule has 6 heteroatoms. The highest BCUT2D eigenvalue weighted by Gasteiger charge is 2.14. The molecule has 0 bridgehead atoms. The molecule has 0 unspecified atom stereocenters. The zero-order valence-corrected chi connectivity index (χ0v) is 19.1. The first kappa shape index (κ1) is 24.0. The molecular weight excluding hydrogens is 416 g/mol. The second kappa shape index (κ2) is 12.4. The maximum Gasteiger partial charge on any atom is 0.226 e. The van der Waals surface area contributed by atoms with Crippen molar-refractivity contribution in [3.8, 4) is 23.1 Å². The number of carbonyl (C=O) groups is 1. The molecule has 2 aromatic heterocycles. The molecule has 172 valence electrons. The van der Waals surface area contributed by atoms with Crippen LogP contribution in [0.3, 0.4) is 0 Å². The van der Waals surface area contributed by atoms with Crippen molar-refractivity contribution in [2.24, 2.45) is 0 Å². The standard InChI is InChI=1S/C27H30N2O4/c1-4-6-16-31-25-12-11-20(3)17-21(25)9-7-8-10-24(30)23-19-33-27(29-23)22-13-14-28-26(18-22)32-15-5-2/h4-5,11-14,17-19H,1-2,6-10,15-16H2,3H3. The number of aromatic nitrogens is 2. The molecule has 0 saturated carbocycles. The molecule has 0 N–H and O–H groups in total. The van der Waals surface area contributed by atoms with Gasteiger partial charge in [0, 0.05) is 24.2 Å². The van der Waals surface area contributed by atoms with Crippen LogP contribution in [0, 0.1) is 6.92 Å². The van der Waals surface area contributed by atoms with Crippen LogP contribution in [0.25, 0.3) is 11.5 Å². The minimum atomic E-state index is -0.0334. The first-order chi connectivity index (χ1) is 16.1. The molecule has 0 aliphatic rings. The molecule has 0 atom stereocenters. The Balaban J connectivity index is 1.52. The van der Waals surface area contributed by atoms with Gasteiger partial charge in [-0.3, -0.25) is 4.79 Å². The van der Waals surface area contributed by atoms with Gasteiger partial charge in [-0.05, 0) is 50.3 Å². The molecule has 6 nitrogen and oxygen atoms in total. The van der Waals surface area contributed by atoms with Gasteiger partial charge < -0.3 is 13.9 Å². The van der Waals surface area contributed by atoms with Gasteiger partial charge in [0.2, 0.25) is 11.8 Å². The smallest absolute Gasteiger partial charge is 0.226 e. The van der Waals surface area contributed by atoms with E-state index in [0.29, 0.717) is 42.7 Å². The number of hydrogen-bond donors (Lipinski definition) is 0. The number of hydrogen-bond acceptors (Lipinski definition) is 6. The Kier molecular flexibility index (Phi) is 9.00. The first-order valence-corrected chi connectivity index (χ1v) is 11.1. The third kappa shape index (κ3) is 7.17. The van der Waals surface area contributed by atoms with E-state index < -0.39 is 0 Å².